The lowest BCUT2D eigenvalue weighted by molar-refractivity contribution is -0.137. The van der Waals surface area contributed by atoms with Crippen LogP contribution in [0.2, 0.25) is 0 Å². The second-order valence-electron chi connectivity index (χ2n) is 7.00. The third kappa shape index (κ3) is 3.96. The molecule has 2 N–H and O–H groups in total. The molecule has 7 heteroatoms. The Hall–Kier alpha value is -3.48. The summed E-state index contributed by atoms with van der Waals surface area (Å²) in [6.45, 7) is 0.274. The van der Waals surface area contributed by atoms with Crippen LogP contribution in [0.3, 0.4) is 0 Å². The minimum atomic E-state index is -4.47. The number of phenolic OH excluding ortho intramolecular Hbond substituents is 1. The molecule has 0 bridgehead atoms. The molecule has 3 aromatic rings. The molecule has 0 aliphatic carbocycles. The number of halogens is 3. The minimum Gasteiger partial charge on any atom is -0.507 e. The first-order chi connectivity index (χ1) is 14.3. The Bertz CT molecular complexity index is 1150. The van der Waals surface area contributed by atoms with Gasteiger partial charge in [0.15, 0.2) is 0 Å². The molecule has 0 atom stereocenters. The topological polar surface area (TPSA) is 58.6 Å². The molecule has 3 aromatic carbocycles. The maximum atomic E-state index is 13.0. The van der Waals surface area contributed by atoms with Crippen LogP contribution in [0.5, 0.6) is 11.5 Å². The lowest BCUT2D eigenvalue weighted by atomic mass is 9.99. The summed E-state index contributed by atoms with van der Waals surface area (Å²) < 4.78 is 44.5. The normalized spacial score (nSPS) is 15.4. The minimum absolute atomic E-state index is 0.109. The lowest BCUT2D eigenvalue weighted by Crippen LogP contribution is -2.09. The van der Waals surface area contributed by atoms with Crippen molar-refractivity contribution in [1.82, 2.24) is 0 Å². The van der Waals surface area contributed by atoms with Crippen molar-refractivity contribution in [3.05, 3.63) is 71.8 Å². The number of carbonyl (C=O) groups is 1. The lowest BCUT2D eigenvalue weighted by Gasteiger charge is -2.13. The monoisotopic (exact) mass is 413 g/mol. The summed E-state index contributed by atoms with van der Waals surface area (Å²) in [5, 5.41) is 14.1. The van der Waals surface area contributed by atoms with Gasteiger partial charge in [0, 0.05) is 28.1 Å². The van der Waals surface area contributed by atoms with Crippen LogP contribution in [0.1, 0.15) is 24.0 Å². The van der Waals surface area contributed by atoms with Crippen molar-refractivity contribution in [2.75, 3.05) is 11.9 Å². The third-order valence-corrected chi connectivity index (χ3v) is 4.97. The Labute approximate surface area is 170 Å². The first-order valence-corrected chi connectivity index (χ1v) is 9.39. The number of fused-ring (bicyclic) bond motifs is 2. The molecule has 154 valence electrons. The van der Waals surface area contributed by atoms with Crippen LogP contribution in [0, 0.1) is 0 Å². The average molecular weight is 413 g/mol. The van der Waals surface area contributed by atoms with Crippen molar-refractivity contribution in [1.29, 1.82) is 0 Å². The maximum Gasteiger partial charge on any atom is 0.416 e. The standard InChI is InChI=1S/C23H18F3NO3/c24-23(25,26)15-9-10-16-14(4-3-11-30-21(16)13-15)12-22(29)27-19-7-1-6-18-17(19)5-2-8-20(18)28/h1-2,5-10,12-13,28H,3-4,11H2,(H,27,29)/b14-12+. The molecule has 0 radical (unpaired) electrons. The summed E-state index contributed by atoms with van der Waals surface area (Å²) in [5.41, 5.74) is 0.827. The molecular formula is C23H18F3NO3. The Morgan fingerprint density at radius 3 is 2.63 bits per heavy atom. The molecule has 30 heavy (non-hydrogen) atoms. The molecule has 4 rings (SSSR count). The van der Waals surface area contributed by atoms with Crippen LogP contribution in [-0.4, -0.2) is 17.6 Å². The van der Waals surface area contributed by atoms with Crippen LogP contribution in [0.15, 0.2) is 60.7 Å². The van der Waals surface area contributed by atoms with Gasteiger partial charge in [-0.1, -0.05) is 30.3 Å². The Morgan fingerprint density at radius 1 is 1.07 bits per heavy atom. The highest BCUT2D eigenvalue weighted by molar-refractivity contribution is 6.09. The van der Waals surface area contributed by atoms with Gasteiger partial charge < -0.3 is 15.2 Å². The van der Waals surface area contributed by atoms with Crippen LogP contribution < -0.4 is 10.1 Å². The van der Waals surface area contributed by atoms with Gasteiger partial charge in [0.2, 0.25) is 5.91 Å². The Balaban J connectivity index is 1.66. The van der Waals surface area contributed by atoms with Crippen molar-refractivity contribution in [3.63, 3.8) is 0 Å². The van der Waals surface area contributed by atoms with Crippen molar-refractivity contribution >= 4 is 27.9 Å². The van der Waals surface area contributed by atoms with E-state index in [1.54, 1.807) is 36.4 Å². The Kier molecular flexibility index (Phi) is 5.11. The summed E-state index contributed by atoms with van der Waals surface area (Å²) >= 11 is 0. The summed E-state index contributed by atoms with van der Waals surface area (Å²) in [4.78, 5) is 12.7. The fourth-order valence-corrected chi connectivity index (χ4v) is 3.54. The predicted octanol–water partition coefficient (Wildman–Crippen LogP) is 5.76. The highest BCUT2D eigenvalue weighted by atomic mass is 19.4. The predicted molar refractivity (Wildman–Crippen MR) is 108 cm³/mol. The van der Waals surface area contributed by atoms with E-state index in [0.717, 1.165) is 12.1 Å². The van der Waals surface area contributed by atoms with Gasteiger partial charge in [0.25, 0.3) is 0 Å². The van der Waals surface area contributed by atoms with Crippen molar-refractivity contribution in [2.45, 2.75) is 19.0 Å². The van der Waals surface area contributed by atoms with Gasteiger partial charge in [-0.15, -0.1) is 0 Å². The molecule has 0 spiro atoms. The first kappa shape index (κ1) is 19.8. The number of amides is 1. The number of rotatable bonds is 2. The number of carbonyl (C=O) groups excluding carboxylic acids is 1. The molecule has 1 heterocycles. The second-order valence-corrected chi connectivity index (χ2v) is 7.00. The molecule has 1 aliphatic rings. The van der Waals surface area contributed by atoms with E-state index in [9.17, 15) is 23.1 Å². The van der Waals surface area contributed by atoms with Crippen molar-refractivity contribution in [3.8, 4) is 11.5 Å². The zero-order chi connectivity index (χ0) is 21.3. The highest BCUT2D eigenvalue weighted by Gasteiger charge is 2.32. The molecule has 0 saturated heterocycles. The molecule has 0 aromatic heterocycles. The molecule has 0 unspecified atom stereocenters. The van der Waals surface area contributed by atoms with Crippen LogP contribution >= 0.6 is 0 Å². The number of allylic oxidation sites excluding steroid dienone is 1. The van der Waals surface area contributed by atoms with Crippen molar-refractivity contribution < 1.29 is 27.8 Å². The van der Waals surface area contributed by atoms with E-state index in [0.29, 0.717) is 40.4 Å². The van der Waals surface area contributed by atoms with E-state index < -0.39 is 17.6 Å². The molecule has 1 amide bonds. The van der Waals surface area contributed by atoms with E-state index in [1.807, 2.05) is 0 Å². The SMILES string of the molecule is O=C(/C=C1\CCCOc2cc(C(F)(F)F)ccc21)Nc1cccc2c(O)cccc12. The maximum absolute atomic E-state index is 13.0. The van der Waals surface area contributed by atoms with E-state index in [4.69, 9.17) is 4.74 Å². The number of phenols is 1. The molecule has 0 saturated carbocycles. The molecule has 1 aliphatic heterocycles. The van der Waals surface area contributed by atoms with Crippen LogP contribution in [0.4, 0.5) is 18.9 Å². The van der Waals surface area contributed by atoms with Gasteiger partial charge in [-0.05, 0) is 42.7 Å². The van der Waals surface area contributed by atoms with E-state index in [1.165, 1.54) is 12.1 Å². The fourth-order valence-electron chi connectivity index (χ4n) is 3.54. The first-order valence-electron chi connectivity index (χ1n) is 9.39. The zero-order valence-electron chi connectivity index (χ0n) is 15.8. The summed E-state index contributed by atoms with van der Waals surface area (Å²) in [7, 11) is 0. The van der Waals surface area contributed by atoms with Crippen molar-refractivity contribution in [2.24, 2.45) is 0 Å². The zero-order valence-corrected chi connectivity index (χ0v) is 15.8. The van der Waals surface area contributed by atoms with E-state index >= 15 is 0 Å². The van der Waals surface area contributed by atoms with E-state index in [-0.39, 0.29) is 18.1 Å². The van der Waals surface area contributed by atoms with Crippen LogP contribution in [-0.2, 0) is 11.0 Å². The van der Waals surface area contributed by atoms with Gasteiger partial charge in [-0.2, -0.15) is 13.2 Å². The van der Waals surface area contributed by atoms with Gasteiger partial charge in [-0.3, -0.25) is 4.79 Å². The largest absolute Gasteiger partial charge is 0.507 e. The highest BCUT2D eigenvalue weighted by Crippen LogP contribution is 2.38. The second kappa shape index (κ2) is 7.74. The fraction of sp³-hybridized carbons (Fsp3) is 0.174. The van der Waals surface area contributed by atoms with Gasteiger partial charge in [0.1, 0.15) is 11.5 Å². The van der Waals surface area contributed by atoms with Gasteiger partial charge in [0.05, 0.1) is 12.2 Å². The summed E-state index contributed by atoms with van der Waals surface area (Å²) in [5.74, 6) is -0.178. The Morgan fingerprint density at radius 2 is 1.83 bits per heavy atom. The number of ether oxygens (including phenoxy) is 1. The summed E-state index contributed by atoms with van der Waals surface area (Å²) in [6, 6.07) is 13.5. The van der Waals surface area contributed by atoms with Gasteiger partial charge >= 0.3 is 6.18 Å². The number of anilines is 1. The number of hydrogen-bond donors (Lipinski definition) is 2. The van der Waals surface area contributed by atoms with Gasteiger partial charge in [-0.25, -0.2) is 0 Å². The third-order valence-electron chi connectivity index (χ3n) is 4.97. The van der Waals surface area contributed by atoms with E-state index in [2.05, 4.69) is 5.32 Å². The van der Waals surface area contributed by atoms with Crippen LogP contribution in [0.25, 0.3) is 16.3 Å². The smallest absolute Gasteiger partial charge is 0.416 e. The number of benzene rings is 3. The number of hydrogen-bond acceptors (Lipinski definition) is 3. The number of nitrogens with one attached hydrogen (secondary N) is 1. The number of alkyl halides is 3. The quantitative estimate of drug-likeness (QED) is 0.525. The summed E-state index contributed by atoms with van der Waals surface area (Å²) in [6.07, 6.45) is -1.99. The number of aromatic hydroxyl groups is 1. The molecule has 4 nitrogen and oxygen atoms in total. The average Bonchev–Trinajstić information content (AvgIpc) is 2.90. The molecular weight excluding hydrogens is 395 g/mol. The molecule has 0 fully saturated rings.